The standard InChI is InChI=1S/C18H19ClN2O2S/c1-23-17(22)15-12-14(9-10-16(15)19)21-18(24)20-11-5-8-13-6-3-2-4-7-13/h2-4,6-7,9-10,12H,5,8,11H2,1H3,(H2,20,21,24). The van der Waals surface area contributed by atoms with E-state index in [0.717, 1.165) is 19.4 Å². The number of ether oxygens (including phenoxy) is 1. The molecule has 0 aliphatic carbocycles. The Bertz CT molecular complexity index is 707. The van der Waals surface area contributed by atoms with Gasteiger partial charge in [0.2, 0.25) is 0 Å². The van der Waals surface area contributed by atoms with E-state index in [-0.39, 0.29) is 0 Å². The van der Waals surface area contributed by atoms with Gasteiger partial charge in [-0.25, -0.2) is 4.79 Å². The van der Waals surface area contributed by atoms with Gasteiger partial charge in [0.15, 0.2) is 5.11 Å². The second-order valence-corrected chi connectivity index (χ2v) is 5.97. The molecule has 2 rings (SSSR count). The topological polar surface area (TPSA) is 50.4 Å². The summed E-state index contributed by atoms with van der Waals surface area (Å²) in [5, 5.41) is 7.03. The van der Waals surface area contributed by atoms with Gasteiger partial charge in [-0.1, -0.05) is 41.9 Å². The molecule has 0 saturated heterocycles. The van der Waals surface area contributed by atoms with Crippen molar-refractivity contribution in [3.8, 4) is 0 Å². The molecule has 0 saturated carbocycles. The fourth-order valence-electron chi connectivity index (χ4n) is 2.18. The molecule has 0 radical (unpaired) electrons. The number of carbonyl (C=O) groups is 1. The first-order valence-electron chi connectivity index (χ1n) is 7.57. The van der Waals surface area contributed by atoms with Crippen molar-refractivity contribution in [2.75, 3.05) is 19.0 Å². The quantitative estimate of drug-likeness (QED) is 0.461. The summed E-state index contributed by atoms with van der Waals surface area (Å²) >= 11 is 11.3. The largest absolute Gasteiger partial charge is 0.465 e. The normalized spacial score (nSPS) is 10.1. The van der Waals surface area contributed by atoms with Crippen LogP contribution in [0.5, 0.6) is 0 Å². The zero-order valence-corrected chi connectivity index (χ0v) is 14.9. The van der Waals surface area contributed by atoms with Crippen LogP contribution < -0.4 is 10.6 Å². The van der Waals surface area contributed by atoms with Crippen LogP contribution >= 0.6 is 23.8 Å². The third-order valence-electron chi connectivity index (χ3n) is 3.40. The second-order valence-electron chi connectivity index (χ2n) is 5.16. The van der Waals surface area contributed by atoms with Crippen LogP contribution in [0.2, 0.25) is 5.02 Å². The van der Waals surface area contributed by atoms with Crippen molar-refractivity contribution >= 4 is 40.6 Å². The van der Waals surface area contributed by atoms with Gasteiger partial charge in [0.05, 0.1) is 17.7 Å². The lowest BCUT2D eigenvalue weighted by Crippen LogP contribution is -2.29. The molecule has 0 unspecified atom stereocenters. The molecular formula is C18H19ClN2O2S. The molecule has 24 heavy (non-hydrogen) atoms. The van der Waals surface area contributed by atoms with E-state index in [9.17, 15) is 4.79 Å². The van der Waals surface area contributed by atoms with Gasteiger partial charge >= 0.3 is 5.97 Å². The predicted octanol–water partition coefficient (Wildman–Crippen LogP) is 4.05. The van der Waals surface area contributed by atoms with Crippen LogP contribution in [0.1, 0.15) is 22.3 Å². The number of nitrogens with one attached hydrogen (secondary N) is 2. The van der Waals surface area contributed by atoms with Crippen LogP contribution in [0.4, 0.5) is 5.69 Å². The molecule has 4 nitrogen and oxygen atoms in total. The fourth-order valence-corrected chi connectivity index (χ4v) is 2.60. The summed E-state index contributed by atoms with van der Waals surface area (Å²) < 4.78 is 4.70. The molecule has 0 amide bonds. The summed E-state index contributed by atoms with van der Waals surface area (Å²) in [7, 11) is 1.32. The molecule has 0 spiro atoms. The lowest BCUT2D eigenvalue weighted by molar-refractivity contribution is 0.0601. The molecule has 0 heterocycles. The number of methoxy groups -OCH3 is 1. The molecule has 6 heteroatoms. The number of carbonyl (C=O) groups excluding carboxylic acids is 1. The van der Waals surface area contributed by atoms with Crippen LogP contribution in [0.15, 0.2) is 48.5 Å². The Balaban J connectivity index is 1.81. The molecule has 0 atom stereocenters. The molecule has 0 fully saturated rings. The van der Waals surface area contributed by atoms with E-state index in [1.54, 1.807) is 18.2 Å². The Labute approximate surface area is 152 Å². The van der Waals surface area contributed by atoms with Crippen molar-refractivity contribution in [3.05, 3.63) is 64.7 Å². The number of rotatable bonds is 6. The molecule has 0 aliphatic heterocycles. The van der Waals surface area contributed by atoms with Gasteiger partial charge in [0.25, 0.3) is 0 Å². The highest BCUT2D eigenvalue weighted by molar-refractivity contribution is 7.80. The number of benzene rings is 2. The Kier molecular flexibility index (Phi) is 7.03. The Morgan fingerprint density at radius 2 is 1.96 bits per heavy atom. The van der Waals surface area contributed by atoms with E-state index in [0.29, 0.717) is 21.4 Å². The summed E-state index contributed by atoms with van der Waals surface area (Å²) in [4.78, 5) is 11.6. The summed E-state index contributed by atoms with van der Waals surface area (Å²) in [6.45, 7) is 0.762. The van der Waals surface area contributed by atoms with E-state index in [2.05, 4.69) is 22.8 Å². The lowest BCUT2D eigenvalue weighted by atomic mass is 10.1. The van der Waals surface area contributed by atoms with Crippen molar-refractivity contribution in [2.24, 2.45) is 0 Å². The van der Waals surface area contributed by atoms with E-state index in [4.69, 9.17) is 28.6 Å². The SMILES string of the molecule is COC(=O)c1cc(NC(=S)NCCCc2ccccc2)ccc1Cl. The molecular weight excluding hydrogens is 344 g/mol. The first-order chi connectivity index (χ1) is 11.6. The zero-order chi connectivity index (χ0) is 17.4. The molecule has 0 bridgehead atoms. The van der Waals surface area contributed by atoms with Gasteiger partial charge in [-0.3, -0.25) is 0 Å². The van der Waals surface area contributed by atoms with Crippen LogP contribution in [0, 0.1) is 0 Å². The number of esters is 1. The predicted molar refractivity (Wildman–Crippen MR) is 102 cm³/mol. The van der Waals surface area contributed by atoms with Crippen molar-refractivity contribution in [1.29, 1.82) is 0 Å². The highest BCUT2D eigenvalue weighted by Gasteiger charge is 2.11. The van der Waals surface area contributed by atoms with Gasteiger partial charge < -0.3 is 15.4 Å². The average Bonchev–Trinajstić information content (AvgIpc) is 2.60. The molecule has 2 aromatic carbocycles. The number of thiocarbonyl (C=S) groups is 1. The first-order valence-corrected chi connectivity index (χ1v) is 8.35. The fraction of sp³-hybridized carbons (Fsp3) is 0.222. The minimum Gasteiger partial charge on any atom is -0.465 e. The van der Waals surface area contributed by atoms with Crippen LogP contribution in [0.25, 0.3) is 0 Å². The Morgan fingerprint density at radius 3 is 2.67 bits per heavy atom. The highest BCUT2D eigenvalue weighted by atomic mass is 35.5. The Morgan fingerprint density at radius 1 is 1.21 bits per heavy atom. The summed E-state index contributed by atoms with van der Waals surface area (Å²) in [6, 6.07) is 15.3. The van der Waals surface area contributed by atoms with Gasteiger partial charge in [-0.2, -0.15) is 0 Å². The molecule has 0 aromatic heterocycles. The van der Waals surface area contributed by atoms with Gasteiger partial charge in [-0.15, -0.1) is 0 Å². The summed E-state index contributed by atoms with van der Waals surface area (Å²) in [5.41, 5.74) is 2.29. The number of aryl methyl sites for hydroxylation is 1. The van der Waals surface area contributed by atoms with Crippen molar-refractivity contribution in [2.45, 2.75) is 12.8 Å². The van der Waals surface area contributed by atoms with Crippen molar-refractivity contribution in [3.63, 3.8) is 0 Å². The van der Waals surface area contributed by atoms with E-state index in [1.165, 1.54) is 12.7 Å². The second kappa shape index (κ2) is 9.25. The minimum absolute atomic E-state index is 0.302. The maximum absolute atomic E-state index is 11.6. The maximum atomic E-state index is 11.6. The van der Waals surface area contributed by atoms with Crippen LogP contribution in [-0.2, 0) is 11.2 Å². The molecule has 2 aromatic rings. The average molecular weight is 363 g/mol. The molecule has 126 valence electrons. The van der Waals surface area contributed by atoms with E-state index in [1.807, 2.05) is 18.2 Å². The maximum Gasteiger partial charge on any atom is 0.339 e. The Hall–Kier alpha value is -2.11. The summed E-state index contributed by atoms with van der Waals surface area (Å²) in [5.74, 6) is -0.481. The number of hydrogen-bond donors (Lipinski definition) is 2. The highest BCUT2D eigenvalue weighted by Crippen LogP contribution is 2.21. The molecule has 0 aliphatic rings. The van der Waals surface area contributed by atoms with Crippen LogP contribution in [-0.4, -0.2) is 24.7 Å². The van der Waals surface area contributed by atoms with Crippen LogP contribution in [0.3, 0.4) is 0 Å². The third-order valence-corrected chi connectivity index (χ3v) is 3.98. The number of hydrogen-bond acceptors (Lipinski definition) is 3. The number of anilines is 1. The van der Waals surface area contributed by atoms with Crippen molar-refractivity contribution < 1.29 is 9.53 Å². The minimum atomic E-state index is -0.481. The van der Waals surface area contributed by atoms with Gasteiger partial charge in [0.1, 0.15) is 0 Å². The first kappa shape index (κ1) is 18.2. The lowest BCUT2D eigenvalue weighted by Gasteiger charge is -2.12. The monoisotopic (exact) mass is 362 g/mol. The van der Waals surface area contributed by atoms with Crippen molar-refractivity contribution in [1.82, 2.24) is 5.32 Å². The number of halogens is 1. The van der Waals surface area contributed by atoms with Gasteiger partial charge in [-0.05, 0) is 48.8 Å². The zero-order valence-electron chi connectivity index (χ0n) is 13.3. The van der Waals surface area contributed by atoms with E-state index < -0.39 is 5.97 Å². The molecule has 2 N–H and O–H groups in total. The summed E-state index contributed by atoms with van der Waals surface area (Å²) in [6.07, 6.45) is 1.96. The smallest absolute Gasteiger partial charge is 0.339 e. The van der Waals surface area contributed by atoms with Gasteiger partial charge in [0, 0.05) is 12.2 Å². The van der Waals surface area contributed by atoms with E-state index >= 15 is 0 Å². The third kappa shape index (κ3) is 5.51.